The lowest BCUT2D eigenvalue weighted by Gasteiger charge is -2.23. The molecule has 20 heavy (non-hydrogen) atoms. The number of benzene rings is 1. The second-order valence-corrected chi connectivity index (χ2v) is 5.74. The number of hydrogen-bond acceptors (Lipinski definition) is 3. The zero-order valence-corrected chi connectivity index (χ0v) is 12.7. The van der Waals surface area contributed by atoms with Crippen molar-refractivity contribution in [3.63, 3.8) is 0 Å². The SMILES string of the molecule is CC1CNCC1C(=O)N(C)CCOc1cccc(Cl)c1. The van der Waals surface area contributed by atoms with E-state index in [4.69, 9.17) is 16.3 Å². The third-order valence-electron chi connectivity index (χ3n) is 3.70. The van der Waals surface area contributed by atoms with Gasteiger partial charge in [0.2, 0.25) is 5.91 Å². The van der Waals surface area contributed by atoms with E-state index in [1.165, 1.54) is 0 Å². The van der Waals surface area contributed by atoms with Gasteiger partial charge in [-0.3, -0.25) is 4.79 Å². The van der Waals surface area contributed by atoms with Crippen molar-refractivity contribution in [2.75, 3.05) is 33.3 Å². The van der Waals surface area contributed by atoms with Gasteiger partial charge in [-0.2, -0.15) is 0 Å². The van der Waals surface area contributed by atoms with E-state index in [-0.39, 0.29) is 11.8 Å². The zero-order chi connectivity index (χ0) is 14.5. The summed E-state index contributed by atoms with van der Waals surface area (Å²) in [6.07, 6.45) is 0. The number of ether oxygens (including phenoxy) is 1. The molecular formula is C15H21ClN2O2. The highest BCUT2D eigenvalue weighted by atomic mass is 35.5. The summed E-state index contributed by atoms with van der Waals surface area (Å²) in [5.41, 5.74) is 0. The van der Waals surface area contributed by atoms with Crippen LogP contribution in [-0.2, 0) is 4.79 Å². The van der Waals surface area contributed by atoms with Crippen molar-refractivity contribution in [1.29, 1.82) is 0 Å². The maximum Gasteiger partial charge on any atom is 0.227 e. The summed E-state index contributed by atoms with van der Waals surface area (Å²) in [4.78, 5) is 14.0. The van der Waals surface area contributed by atoms with Gasteiger partial charge in [0.05, 0.1) is 12.5 Å². The van der Waals surface area contributed by atoms with Gasteiger partial charge < -0.3 is 15.0 Å². The molecule has 4 nitrogen and oxygen atoms in total. The first-order chi connectivity index (χ1) is 9.58. The summed E-state index contributed by atoms with van der Waals surface area (Å²) >= 11 is 5.89. The van der Waals surface area contributed by atoms with Gasteiger partial charge in [0.1, 0.15) is 12.4 Å². The predicted molar refractivity (Wildman–Crippen MR) is 80.1 cm³/mol. The Balaban J connectivity index is 1.77. The number of carbonyl (C=O) groups is 1. The number of amides is 1. The molecule has 0 aromatic heterocycles. The molecule has 1 aliphatic heterocycles. The van der Waals surface area contributed by atoms with E-state index in [9.17, 15) is 4.79 Å². The molecule has 1 amide bonds. The minimum absolute atomic E-state index is 0.0890. The van der Waals surface area contributed by atoms with Gasteiger partial charge in [0.25, 0.3) is 0 Å². The van der Waals surface area contributed by atoms with Crippen LogP contribution in [0.5, 0.6) is 5.75 Å². The summed E-state index contributed by atoms with van der Waals surface area (Å²) in [6, 6.07) is 7.28. The molecular weight excluding hydrogens is 276 g/mol. The van der Waals surface area contributed by atoms with Gasteiger partial charge in [-0.25, -0.2) is 0 Å². The minimum Gasteiger partial charge on any atom is -0.492 e. The van der Waals surface area contributed by atoms with Crippen molar-refractivity contribution in [3.8, 4) is 5.75 Å². The molecule has 0 radical (unpaired) electrons. The average molecular weight is 297 g/mol. The molecule has 2 atom stereocenters. The molecule has 0 spiro atoms. The van der Waals surface area contributed by atoms with Gasteiger partial charge in [0.15, 0.2) is 0 Å². The molecule has 1 aromatic rings. The largest absolute Gasteiger partial charge is 0.492 e. The summed E-state index contributed by atoms with van der Waals surface area (Å²) in [7, 11) is 1.83. The monoisotopic (exact) mass is 296 g/mol. The van der Waals surface area contributed by atoms with Crippen molar-refractivity contribution in [3.05, 3.63) is 29.3 Å². The standard InChI is InChI=1S/C15H21ClN2O2/c1-11-9-17-10-14(11)15(19)18(2)6-7-20-13-5-3-4-12(16)8-13/h3-5,8,11,14,17H,6-7,9-10H2,1-2H3. The van der Waals surface area contributed by atoms with Gasteiger partial charge in [-0.1, -0.05) is 24.6 Å². The zero-order valence-electron chi connectivity index (χ0n) is 11.9. The highest BCUT2D eigenvalue weighted by Crippen LogP contribution is 2.19. The van der Waals surface area contributed by atoms with Crippen LogP contribution in [0.15, 0.2) is 24.3 Å². The van der Waals surface area contributed by atoms with Gasteiger partial charge >= 0.3 is 0 Å². The number of halogens is 1. The topological polar surface area (TPSA) is 41.6 Å². The van der Waals surface area contributed by atoms with E-state index in [1.807, 2.05) is 19.2 Å². The maximum absolute atomic E-state index is 12.3. The number of carbonyl (C=O) groups excluding carboxylic acids is 1. The molecule has 2 unspecified atom stereocenters. The second kappa shape index (κ2) is 6.95. The number of nitrogens with one attached hydrogen (secondary N) is 1. The molecule has 1 aliphatic rings. The molecule has 0 saturated carbocycles. The minimum atomic E-state index is 0.0890. The Bertz CT molecular complexity index is 467. The third kappa shape index (κ3) is 3.87. The Kier molecular flexibility index (Phi) is 5.26. The van der Waals surface area contributed by atoms with E-state index < -0.39 is 0 Å². The average Bonchev–Trinajstić information content (AvgIpc) is 2.84. The summed E-state index contributed by atoms with van der Waals surface area (Å²) in [5.74, 6) is 1.41. The molecule has 1 heterocycles. The third-order valence-corrected chi connectivity index (χ3v) is 3.94. The van der Waals surface area contributed by atoms with Crippen molar-refractivity contribution in [2.45, 2.75) is 6.92 Å². The van der Waals surface area contributed by atoms with Crippen LogP contribution in [0.25, 0.3) is 0 Å². The van der Waals surface area contributed by atoms with Crippen molar-refractivity contribution >= 4 is 17.5 Å². The van der Waals surface area contributed by atoms with Crippen LogP contribution in [0.2, 0.25) is 5.02 Å². The molecule has 1 fully saturated rings. The van der Waals surface area contributed by atoms with Crippen LogP contribution in [0.4, 0.5) is 0 Å². The van der Waals surface area contributed by atoms with Crippen LogP contribution in [-0.4, -0.2) is 44.1 Å². The van der Waals surface area contributed by atoms with E-state index in [0.29, 0.717) is 24.1 Å². The Hall–Kier alpha value is -1.26. The van der Waals surface area contributed by atoms with E-state index in [2.05, 4.69) is 12.2 Å². The smallest absolute Gasteiger partial charge is 0.227 e. The second-order valence-electron chi connectivity index (χ2n) is 5.31. The van der Waals surface area contributed by atoms with Crippen molar-refractivity contribution in [1.82, 2.24) is 10.2 Å². The quantitative estimate of drug-likeness (QED) is 0.904. The first kappa shape index (κ1) is 15.1. The lowest BCUT2D eigenvalue weighted by atomic mass is 9.97. The maximum atomic E-state index is 12.3. The normalized spacial score (nSPS) is 21.8. The lowest BCUT2D eigenvalue weighted by molar-refractivity contribution is -0.134. The molecule has 5 heteroatoms. The Morgan fingerprint density at radius 2 is 2.30 bits per heavy atom. The molecule has 1 aromatic carbocycles. The molecule has 0 aliphatic carbocycles. The van der Waals surface area contributed by atoms with Crippen LogP contribution >= 0.6 is 11.6 Å². The summed E-state index contributed by atoms with van der Waals surface area (Å²) in [6.45, 7) is 4.85. The molecule has 0 bridgehead atoms. The first-order valence-corrected chi connectivity index (χ1v) is 7.30. The fourth-order valence-electron chi connectivity index (χ4n) is 2.39. The number of hydrogen-bond donors (Lipinski definition) is 1. The van der Waals surface area contributed by atoms with E-state index in [0.717, 1.165) is 18.8 Å². The lowest BCUT2D eigenvalue weighted by Crippen LogP contribution is -2.38. The summed E-state index contributed by atoms with van der Waals surface area (Å²) < 4.78 is 5.60. The molecule has 110 valence electrons. The fourth-order valence-corrected chi connectivity index (χ4v) is 2.57. The summed E-state index contributed by atoms with van der Waals surface area (Å²) in [5, 5.41) is 3.90. The van der Waals surface area contributed by atoms with Crippen LogP contribution < -0.4 is 10.1 Å². The molecule has 2 rings (SSSR count). The Labute approximate surface area is 125 Å². The van der Waals surface area contributed by atoms with Crippen LogP contribution in [0, 0.1) is 11.8 Å². The van der Waals surface area contributed by atoms with E-state index >= 15 is 0 Å². The molecule has 1 N–H and O–H groups in total. The van der Waals surface area contributed by atoms with Crippen LogP contribution in [0.1, 0.15) is 6.92 Å². The van der Waals surface area contributed by atoms with Gasteiger partial charge in [-0.15, -0.1) is 0 Å². The highest BCUT2D eigenvalue weighted by molar-refractivity contribution is 6.30. The number of nitrogens with zero attached hydrogens (tertiary/aromatic N) is 1. The van der Waals surface area contributed by atoms with Crippen LogP contribution in [0.3, 0.4) is 0 Å². The Morgan fingerprint density at radius 1 is 1.50 bits per heavy atom. The fraction of sp³-hybridized carbons (Fsp3) is 0.533. The predicted octanol–water partition coefficient (Wildman–Crippen LogP) is 2.03. The van der Waals surface area contributed by atoms with Crippen molar-refractivity contribution < 1.29 is 9.53 Å². The highest BCUT2D eigenvalue weighted by Gasteiger charge is 2.31. The number of rotatable bonds is 5. The van der Waals surface area contributed by atoms with E-state index in [1.54, 1.807) is 17.0 Å². The Morgan fingerprint density at radius 3 is 2.95 bits per heavy atom. The molecule has 1 saturated heterocycles. The van der Waals surface area contributed by atoms with Gasteiger partial charge in [-0.05, 0) is 30.7 Å². The number of likely N-dealkylation sites (N-methyl/N-ethyl adjacent to an activating group) is 1. The first-order valence-electron chi connectivity index (χ1n) is 6.92. The van der Waals surface area contributed by atoms with Gasteiger partial charge in [0, 0.05) is 18.6 Å². The van der Waals surface area contributed by atoms with Crippen molar-refractivity contribution in [2.24, 2.45) is 11.8 Å².